The summed E-state index contributed by atoms with van der Waals surface area (Å²) in [5.74, 6) is -0.753. The number of aliphatic carboxylic acids is 1. The highest BCUT2D eigenvalue weighted by Gasteiger charge is 2.19. The molecule has 0 spiro atoms. The van der Waals surface area contributed by atoms with Crippen LogP contribution >= 0.6 is 11.6 Å². The largest absolute Gasteiger partial charge is 0.480 e. The van der Waals surface area contributed by atoms with E-state index in [4.69, 9.17) is 16.7 Å². The van der Waals surface area contributed by atoms with Crippen LogP contribution in [0.5, 0.6) is 0 Å². The van der Waals surface area contributed by atoms with E-state index in [1.165, 1.54) is 0 Å². The van der Waals surface area contributed by atoms with Crippen LogP contribution < -0.4 is 5.32 Å². The topological polar surface area (TPSA) is 49.3 Å². The summed E-state index contributed by atoms with van der Waals surface area (Å²) in [6, 6.07) is -0.507. The van der Waals surface area contributed by atoms with Crippen molar-refractivity contribution in [1.82, 2.24) is 5.32 Å². The van der Waals surface area contributed by atoms with Gasteiger partial charge in [0.05, 0.1) is 0 Å². The second-order valence-electron chi connectivity index (χ2n) is 3.26. The zero-order valence-electron chi connectivity index (χ0n) is 8.17. The number of carboxylic acids is 1. The van der Waals surface area contributed by atoms with Crippen LogP contribution in [0.4, 0.5) is 0 Å². The normalized spacial score (nSPS) is 14.7. The number of rotatable bonds is 5. The van der Waals surface area contributed by atoms with E-state index in [0.29, 0.717) is 11.6 Å². The summed E-state index contributed by atoms with van der Waals surface area (Å²) in [6.45, 7) is 5.98. The lowest BCUT2D eigenvalue weighted by molar-refractivity contribution is -0.140. The lowest BCUT2D eigenvalue weighted by atomic mass is 10.1. The van der Waals surface area contributed by atoms with E-state index in [2.05, 4.69) is 5.32 Å². The van der Waals surface area contributed by atoms with Gasteiger partial charge in [-0.2, -0.15) is 0 Å². The van der Waals surface area contributed by atoms with Gasteiger partial charge in [-0.25, -0.2) is 0 Å². The van der Waals surface area contributed by atoms with Crippen LogP contribution in [0.2, 0.25) is 0 Å². The van der Waals surface area contributed by atoms with Crippen LogP contribution in [0.1, 0.15) is 20.8 Å². The van der Waals surface area contributed by atoms with Gasteiger partial charge in [0, 0.05) is 11.6 Å². The van der Waals surface area contributed by atoms with Gasteiger partial charge in [-0.15, -0.1) is 0 Å². The van der Waals surface area contributed by atoms with Gasteiger partial charge in [-0.3, -0.25) is 4.79 Å². The Bertz CT molecular complexity index is 198. The lowest BCUT2D eigenvalue weighted by Crippen LogP contribution is -2.40. The van der Waals surface area contributed by atoms with Crippen molar-refractivity contribution in [2.24, 2.45) is 5.92 Å². The number of carboxylic acid groups (broad SMARTS) is 1. The average Bonchev–Trinajstić information content (AvgIpc) is 1.95. The first-order valence-electron chi connectivity index (χ1n) is 4.23. The highest BCUT2D eigenvalue weighted by Crippen LogP contribution is 2.02. The molecule has 0 aromatic carbocycles. The monoisotopic (exact) mass is 205 g/mol. The molecule has 0 radical (unpaired) electrons. The fourth-order valence-corrected chi connectivity index (χ4v) is 1.01. The molecule has 76 valence electrons. The van der Waals surface area contributed by atoms with Crippen molar-refractivity contribution in [2.75, 3.05) is 6.54 Å². The van der Waals surface area contributed by atoms with Gasteiger partial charge in [0.2, 0.25) is 0 Å². The van der Waals surface area contributed by atoms with Gasteiger partial charge < -0.3 is 10.4 Å². The maximum Gasteiger partial charge on any atom is 0.320 e. The molecule has 0 aliphatic heterocycles. The molecule has 0 saturated heterocycles. The van der Waals surface area contributed by atoms with Crippen molar-refractivity contribution in [2.45, 2.75) is 26.8 Å². The molecule has 0 aliphatic rings. The molecule has 2 N–H and O–H groups in total. The maximum absolute atomic E-state index is 10.7. The second kappa shape index (κ2) is 6.00. The van der Waals surface area contributed by atoms with Crippen LogP contribution in [0.3, 0.4) is 0 Å². The summed E-state index contributed by atoms with van der Waals surface area (Å²) in [7, 11) is 0. The molecule has 4 heteroatoms. The summed E-state index contributed by atoms with van der Waals surface area (Å²) in [4.78, 5) is 10.7. The van der Waals surface area contributed by atoms with Crippen LogP contribution in [-0.4, -0.2) is 23.7 Å². The standard InChI is InChI=1S/C9H16ClNO2/c1-6(2)8(9(12)13)11-5-4-7(3)10/h4,6,8,11H,5H2,1-3H3,(H,12,13). The minimum absolute atomic E-state index is 0.0709. The van der Waals surface area contributed by atoms with Crippen molar-refractivity contribution in [3.8, 4) is 0 Å². The number of halogens is 1. The highest BCUT2D eigenvalue weighted by molar-refractivity contribution is 6.29. The molecule has 3 nitrogen and oxygen atoms in total. The van der Waals surface area contributed by atoms with Crippen molar-refractivity contribution >= 4 is 17.6 Å². The Morgan fingerprint density at radius 1 is 1.62 bits per heavy atom. The molecule has 0 fully saturated rings. The molecule has 0 rings (SSSR count). The zero-order chi connectivity index (χ0) is 10.4. The highest BCUT2D eigenvalue weighted by atomic mass is 35.5. The number of carbonyl (C=O) groups is 1. The predicted octanol–water partition coefficient (Wildman–Crippen LogP) is 1.83. The molecule has 1 unspecified atom stereocenters. The van der Waals surface area contributed by atoms with E-state index < -0.39 is 12.0 Å². The van der Waals surface area contributed by atoms with Crippen molar-refractivity contribution < 1.29 is 9.90 Å². The molecule has 0 heterocycles. The summed E-state index contributed by atoms with van der Waals surface area (Å²) in [5.41, 5.74) is 0. The fourth-order valence-electron chi connectivity index (χ4n) is 0.935. The SMILES string of the molecule is CC(Cl)=CCNC(C(=O)O)C(C)C. The maximum atomic E-state index is 10.7. The van der Waals surface area contributed by atoms with Gasteiger partial charge >= 0.3 is 5.97 Å². The molecular weight excluding hydrogens is 190 g/mol. The first-order valence-corrected chi connectivity index (χ1v) is 4.61. The number of allylic oxidation sites excluding steroid dienone is 1. The van der Waals surface area contributed by atoms with E-state index in [0.717, 1.165) is 0 Å². The van der Waals surface area contributed by atoms with Gasteiger partial charge in [-0.1, -0.05) is 31.5 Å². The minimum Gasteiger partial charge on any atom is -0.480 e. The Morgan fingerprint density at radius 2 is 2.15 bits per heavy atom. The lowest BCUT2D eigenvalue weighted by Gasteiger charge is -2.16. The smallest absolute Gasteiger partial charge is 0.320 e. The summed E-state index contributed by atoms with van der Waals surface area (Å²) in [5, 5.41) is 12.3. The Labute approximate surface area is 83.8 Å². The second-order valence-corrected chi connectivity index (χ2v) is 3.86. The van der Waals surface area contributed by atoms with Crippen LogP contribution in [0.25, 0.3) is 0 Å². The Morgan fingerprint density at radius 3 is 2.46 bits per heavy atom. The van der Waals surface area contributed by atoms with Gasteiger partial charge in [0.1, 0.15) is 6.04 Å². The van der Waals surface area contributed by atoms with E-state index in [1.807, 2.05) is 13.8 Å². The average molecular weight is 206 g/mol. The Kier molecular flexibility index (Phi) is 5.75. The fraction of sp³-hybridized carbons (Fsp3) is 0.667. The number of hydrogen-bond acceptors (Lipinski definition) is 2. The van der Waals surface area contributed by atoms with Gasteiger partial charge in [-0.05, 0) is 12.8 Å². The quantitative estimate of drug-likeness (QED) is 0.720. The van der Waals surface area contributed by atoms with Gasteiger partial charge in [0.25, 0.3) is 0 Å². The number of nitrogens with one attached hydrogen (secondary N) is 1. The summed E-state index contributed by atoms with van der Waals surface area (Å²) in [6.07, 6.45) is 1.75. The first-order chi connectivity index (χ1) is 5.95. The molecule has 0 aliphatic carbocycles. The molecule has 0 amide bonds. The number of hydrogen-bond donors (Lipinski definition) is 2. The van der Waals surface area contributed by atoms with Crippen molar-refractivity contribution in [3.05, 3.63) is 11.1 Å². The first kappa shape index (κ1) is 12.5. The predicted molar refractivity (Wildman–Crippen MR) is 53.9 cm³/mol. The molecule has 13 heavy (non-hydrogen) atoms. The Hall–Kier alpha value is -0.540. The Balaban J connectivity index is 3.98. The molecule has 1 atom stereocenters. The van der Waals surface area contributed by atoms with E-state index in [-0.39, 0.29) is 5.92 Å². The third-order valence-corrected chi connectivity index (χ3v) is 1.81. The summed E-state index contributed by atoms with van der Waals surface area (Å²) < 4.78 is 0. The van der Waals surface area contributed by atoms with Gasteiger partial charge in [0.15, 0.2) is 0 Å². The molecule has 0 aromatic heterocycles. The van der Waals surface area contributed by atoms with E-state index in [9.17, 15) is 4.79 Å². The molecular formula is C9H16ClNO2. The third kappa shape index (κ3) is 5.66. The van der Waals surface area contributed by atoms with Crippen molar-refractivity contribution in [3.63, 3.8) is 0 Å². The van der Waals surface area contributed by atoms with Crippen LogP contribution in [0, 0.1) is 5.92 Å². The van der Waals surface area contributed by atoms with Crippen molar-refractivity contribution in [1.29, 1.82) is 0 Å². The minimum atomic E-state index is -0.823. The van der Waals surface area contributed by atoms with E-state index >= 15 is 0 Å². The molecule has 0 saturated carbocycles. The molecule has 0 aromatic rings. The zero-order valence-corrected chi connectivity index (χ0v) is 8.93. The van der Waals surface area contributed by atoms with E-state index in [1.54, 1.807) is 13.0 Å². The van der Waals surface area contributed by atoms with Crippen LogP contribution in [0.15, 0.2) is 11.1 Å². The van der Waals surface area contributed by atoms with Crippen LogP contribution in [-0.2, 0) is 4.79 Å². The molecule has 0 bridgehead atoms. The third-order valence-electron chi connectivity index (χ3n) is 1.65. The summed E-state index contributed by atoms with van der Waals surface area (Å²) >= 11 is 5.59.